The van der Waals surface area contributed by atoms with E-state index in [4.69, 9.17) is 11.6 Å². The van der Waals surface area contributed by atoms with E-state index in [1.54, 1.807) is 29.9 Å². The summed E-state index contributed by atoms with van der Waals surface area (Å²) >= 11 is 6.30. The van der Waals surface area contributed by atoms with Gasteiger partial charge in [0.1, 0.15) is 5.82 Å². The van der Waals surface area contributed by atoms with Crippen molar-refractivity contribution in [2.75, 3.05) is 20.1 Å². The zero-order valence-electron chi connectivity index (χ0n) is 16.8. The summed E-state index contributed by atoms with van der Waals surface area (Å²) in [5, 5.41) is 11.5. The van der Waals surface area contributed by atoms with Crippen LogP contribution >= 0.6 is 11.6 Å². The van der Waals surface area contributed by atoms with Gasteiger partial charge in [0.2, 0.25) is 0 Å². The van der Waals surface area contributed by atoms with Crippen LogP contribution in [0.15, 0.2) is 46.4 Å². The van der Waals surface area contributed by atoms with Gasteiger partial charge in [-0.1, -0.05) is 17.7 Å². The fraction of sp³-hybridized carbons (Fsp3) is 0.429. The van der Waals surface area contributed by atoms with Crippen molar-refractivity contribution < 1.29 is 4.39 Å². The normalized spacial score (nSPS) is 16.3. The molecule has 1 aliphatic heterocycles. The highest BCUT2D eigenvalue weighted by atomic mass is 35.5. The first kappa shape index (κ1) is 21.3. The number of benzene rings is 1. The van der Waals surface area contributed by atoms with Crippen molar-refractivity contribution in [2.45, 2.75) is 32.7 Å². The molecule has 29 heavy (non-hydrogen) atoms. The van der Waals surface area contributed by atoms with E-state index in [2.05, 4.69) is 15.7 Å². The molecule has 156 valence electrons. The van der Waals surface area contributed by atoms with E-state index in [-0.39, 0.29) is 11.5 Å². The molecule has 0 unspecified atom stereocenters. The minimum atomic E-state index is -0.350. The summed E-state index contributed by atoms with van der Waals surface area (Å²) in [7, 11) is 1.78. The first-order valence-corrected chi connectivity index (χ1v) is 10.2. The van der Waals surface area contributed by atoms with E-state index in [1.165, 1.54) is 16.8 Å². The van der Waals surface area contributed by atoms with Crippen LogP contribution in [0.2, 0.25) is 0 Å². The number of hydrogen-bond donors (Lipinski definition) is 2. The molecule has 1 aromatic heterocycles. The number of nitrogens with one attached hydrogen (secondary N) is 2. The monoisotopic (exact) mass is 419 g/mol. The van der Waals surface area contributed by atoms with Gasteiger partial charge in [0.25, 0.3) is 0 Å². The van der Waals surface area contributed by atoms with E-state index >= 15 is 0 Å². The van der Waals surface area contributed by atoms with Gasteiger partial charge in [-0.15, -0.1) is 5.10 Å². The van der Waals surface area contributed by atoms with Crippen LogP contribution in [0, 0.1) is 11.7 Å². The third kappa shape index (κ3) is 5.16. The van der Waals surface area contributed by atoms with Gasteiger partial charge >= 0.3 is 5.69 Å². The zero-order chi connectivity index (χ0) is 20.8. The Morgan fingerprint density at radius 3 is 2.66 bits per heavy atom. The largest absolute Gasteiger partial charge is 0.393 e. The first-order chi connectivity index (χ1) is 14.0. The minimum absolute atomic E-state index is 0.224. The van der Waals surface area contributed by atoms with E-state index in [1.807, 2.05) is 13.0 Å². The van der Waals surface area contributed by atoms with Crippen LogP contribution in [0.1, 0.15) is 32.0 Å². The summed E-state index contributed by atoms with van der Waals surface area (Å²) in [5.74, 6) is 0.581. The predicted octanol–water partition coefficient (Wildman–Crippen LogP) is 3.27. The van der Waals surface area contributed by atoms with Crippen LogP contribution in [-0.4, -0.2) is 34.5 Å². The van der Waals surface area contributed by atoms with E-state index in [0.717, 1.165) is 31.5 Å². The number of rotatable bonds is 7. The van der Waals surface area contributed by atoms with Gasteiger partial charge < -0.3 is 10.6 Å². The van der Waals surface area contributed by atoms with Gasteiger partial charge in [0.15, 0.2) is 5.82 Å². The molecule has 0 bridgehead atoms. The Kier molecular flexibility index (Phi) is 7.28. The number of halogens is 2. The lowest BCUT2D eigenvalue weighted by Crippen LogP contribution is -2.33. The second-order valence-electron chi connectivity index (χ2n) is 7.16. The highest BCUT2D eigenvalue weighted by Gasteiger charge is 2.22. The Bertz CT molecular complexity index is 939. The smallest absolute Gasteiger partial charge is 0.350 e. The highest BCUT2D eigenvalue weighted by Crippen LogP contribution is 2.24. The molecule has 6 nitrogen and oxygen atoms in total. The van der Waals surface area contributed by atoms with Gasteiger partial charge in [-0.3, -0.25) is 0 Å². The van der Waals surface area contributed by atoms with Crippen molar-refractivity contribution in [3.8, 4) is 5.69 Å². The average molecular weight is 420 g/mol. The molecule has 0 radical (unpaired) electrons. The average Bonchev–Trinajstić information content (AvgIpc) is 3.04. The quantitative estimate of drug-likeness (QED) is 0.723. The SMILES string of the molecule is C/C=C(\C/C(Cl)=C\NC)c1nn(CC2CCNCC2)c(=O)n1-c1ccc(F)cc1. The minimum Gasteiger partial charge on any atom is -0.393 e. The summed E-state index contributed by atoms with van der Waals surface area (Å²) in [5.41, 5.74) is 1.18. The van der Waals surface area contributed by atoms with Crippen LogP contribution in [-0.2, 0) is 6.54 Å². The van der Waals surface area contributed by atoms with Crippen LogP contribution < -0.4 is 16.3 Å². The molecule has 0 spiro atoms. The number of hydrogen-bond acceptors (Lipinski definition) is 4. The van der Waals surface area contributed by atoms with Crippen LogP contribution in [0.3, 0.4) is 0 Å². The molecule has 1 aromatic carbocycles. The summed E-state index contributed by atoms with van der Waals surface area (Å²) in [6.07, 6.45) is 6.07. The van der Waals surface area contributed by atoms with E-state index in [0.29, 0.717) is 35.4 Å². The molecule has 1 aliphatic rings. The lowest BCUT2D eigenvalue weighted by molar-refractivity contribution is 0.316. The Morgan fingerprint density at radius 2 is 2.03 bits per heavy atom. The summed E-state index contributed by atoms with van der Waals surface area (Å²) in [6, 6.07) is 5.88. The van der Waals surface area contributed by atoms with E-state index in [9.17, 15) is 9.18 Å². The fourth-order valence-electron chi connectivity index (χ4n) is 3.57. The first-order valence-electron chi connectivity index (χ1n) is 9.87. The fourth-order valence-corrected chi connectivity index (χ4v) is 3.82. The molecule has 2 heterocycles. The van der Waals surface area contributed by atoms with Crippen LogP contribution in [0.5, 0.6) is 0 Å². The molecule has 0 saturated carbocycles. The summed E-state index contributed by atoms with van der Waals surface area (Å²) in [4.78, 5) is 13.2. The van der Waals surface area contributed by atoms with Crippen molar-refractivity contribution in [1.82, 2.24) is 25.0 Å². The lowest BCUT2D eigenvalue weighted by Gasteiger charge is -2.21. The highest BCUT2D eigenvalue weighted by molar-refractivity contribution is 6.30. The maximum Gasteiger partial charge on any atom is 0.350 e. The van der Waals surface area contributed by atoms with Gasteiger partial charge in [-0.2, -0.15) is 0 Å². The molecule has 0 aliphatic carbocycles. The molecule has 0 amide bonds. The van der Waals surface area contributed by atoms with Crippen LogP contribution in [0.4, 0.5) is 4.39 Å². The van der Waals surface area contributed by atoms with Crippen molar-refractivity contribution in [3.63, 3.8) is 0 Å². The summed E-state index contributed by atoms with van der Waals surface area (Å²) in [6.45, 7) is 4.37. The van der Waals surface area contributed by atoms with Crippen molar-refractivity contribution in [3.05, 3.63) is 63.7 Å². The number of aromatic nitrogens is 3. The van der Waals surface area contributed by atoms with Gasteiger partial charge in [-0.25, -0.2) is 18.4 Å². The van der Waals surface area contributed by atoms with E-state index < -0.39 is 0 Å². The number of nitrogens with zero attached hydrogens (tertiary/aromatic N) is 3. The van der Waals surface area contributed by atoms with Crippen molar-refractivity contribution in [2.24, 2.45) is 5.92 Å². The molecular formula is C21H27ClFN5O. The molecule has 2 aromatic rings. The number of allylic oxidation sites excluding steroid dienone is 3. The molecule has 2 N–H and O–H groups in total. The molecule has 1 fully saturated rings. The van der Waals surface area contributed by atoms with Crippen molar-refractivity contribution >= 4 is 17.2 Å². The topological polar surface area (TPSA) is 63.9 Å². The predicted molar refractivity (Wildman–Crippen MR) is 115 cm³/mol. The van der Waals surface area contributed by atoms with Crippen LogP contribution in [0.25, 0.3) is 11.3 Å². The maximum atomic E-state index is 13.4. The maximum absolute atomic E-state index is 13.4. The third-order valence-corrected chi connectivity index (χ3v) is 5.35. The molecule has 0 atom stereocenters. The van der Waals surface area contributed by atoms with Gasteiger partial charge in [0.05, 0.1) is 5.69 Å². The summed E-state index contributed by atoms with van der Waals surface area (Å²) < 4.78 is 16.5. The van der Waals surface area contributed by atoms with Crippen molar-refractivity contribution in [1.29, 1.82) is 0 Å². The second-order valence-corrected chi connectivity index (χ2v) is 7.65. The standard InChI is InChI=1S/C21H27ClFN5O/c1-3-16(12-17(22)13-24-2)20-26-27(14-15-8-10-25-11-9-15)21(29)28(20)19-6-4-18(23)5-7-19/h3-7,13,15,24-25H,8-12,14H2,1-2H3/b16-3+,17-13+. The Labute approximate surface area is 175 Å². The third-order valence-electron chi connectivity index (χ3n) is 5.11. The molecular weight excluding hydrogens is 393 g/mol. The molecule has 1 saturated heterocycles. The number of piperidine rings is 1. The Hall–Kier alpha value is -2.38. The van der Waals surface area contributed by atoms with Gasteiger partial charge in [-0.05, 0) is 68.6 Å². The lowest BCUT2D eigenvalue weighted by atomic mass is 9.98. The Balaban J connectivity index is 2.04. The zero-order valence-corrected chi connectivity index (χ0v) is 17.5. The second kappa shape index (κ2) is 9.89. The van der Waals surface area contributed by atoms with Gasteiger partial charge in [0, 0.05) is 31.2 Å². The molecule has 3 rings (SSSR count). The molecule has 8 heteroatoms. The Morgan fingerprint density at radius 1 is 1.34 bits per heavy atom.